The van der Waals surface area contributed by atoms with Crippen LogP contribution in [0.25, 0.3) is 0 Å². The van der Waals surface area contributed by atoms with E-state index >= 15 is 0 Å². The zero-order chi connectivity index (χ0) is 20.5. The summed E-state index contributed by atoms with van der Waals surface area (Å²) in [4.78, 5) is 49.4. The molecule has 1 aliphatic carbocycles. The summed E-state index contributed by atoms with van der Waals surface area (Å²) in [6, 6.07) is 4.66. The summed E-state index contributed by atoms with van der Waals surface area (Å²) in [5.74, 6) is -1.26. The Balaban J connectivity index is 1.52. The topological polar surface area (TPSA) is 114 Å². The van der Waals surface area contributed by atoms with Gasteiger partial charge in [0.25, 0.3) is 11.8 Å². The molecule has 4 amide bonds. The lowest BCUT2D eigenvalue weighted by Gasteiger charge is -2.20. The predicted octanol–water partition coefficient (Wildman–Crippen LogP) is 1.21. The number of carbonyl (C=O) groups excluding carboxylic acids is 4. The number of carbonyl (C=O) groups is 4. The highest BCUT2D eigenvalue weighted by molar-refractivity contribution is 6.09. The third kappa shape index (κ3) is 3.92. The maximum absolute atomic E-state index is 12.5. The monoisotopic (exact) mass is 389 g/mol. The maximum Gasteiger partial charge on any atom is 0.326 e. The van der Waals surface area contributed by atoms with E-state index in [0.717, 1.165) is 23.3 Å². The number of esters is 1. The molecule has 1 aliphatic heterocycles. The predicted molar refractivity (Wildman–Crippen MR) is 98.7 cm³/mol. The summed E-state index contributed by atoms with van der Waals surface area (Å²) in [6.07, 6.45) is 1.73. The molecule has 9 heteroatoms. The fraction of sp³-hybridized carbons (Fsp3) is 0.474. The largest absolute Gasteiger partial charge is 0.495 e. The minimum Gasteiger partial charge on any atom is -0.495 e. The van der Waals surface area contributed by atoms with E-state index in [1.54, 1.807) is 19.1 Å². The molecule has 0 radical (unpaired) electrons. The van der Waals surface area contributed by atoms with Crippen LogP contribution in [-0.2, 0) is 19.1 Å². The minimum atomic E-state index is -0.962. The molecule has 150 valence electrons. The van der Waals surface area contributed by atoms with Crippen LogP contribution in [0.1, 0.15) is 25.3 Å². The molecular weight excluding hydrogens is 366 g/mol. The van der Waals surface area contributed by atoms with Gasteiger partial charge in [-0.05, 0) is 50.3 Å². The number of aryl methyl sites for hydroxylation is 1. The fourth-order valence-electron chi connectivity index (χ4n) is 3.22. The van der Waals surface area contributed by atoms with Gasteiger partial charge in [0.15, 0.2) is 6.61 Å². The van der Waals surface area contributed by atoms with E-state index in [1.807, 2.05) is 13.0 Å². The number of rotatable bonds is 7. The fourth-order valence-corrected chi connectivity index (χ4v) is 3.22. The summed E-state index contributed by atoms with van der Waals surface area (Å²) in [5, 5.41) is 5.25. The molecule has 0 spiro atoms. The first-order valence-electron chi connectivity index (χ1n) is 8.99. The Hall–Kier alpha value is -3.10. The number of nitrogens with one attached hydrogen (secondary N) is 2. The van der Waals surface area contributed by atoms with Crippen molar-refractivity contribution in [1.82, 2.24) is 10.2 Å². The zero-order valence-electron chi connectivity index (χ0n) is 16.0. The Labute approximate surface area is 162 Å². The average Bonchev–Trinajstić information content (AvgIpc) is 3.46. The van der Waals surface area contributed by atoms with Crippen LogP contribution in [0.2, 0.25) is 0 Å². The molecule has 1 saturated carbocycles. The summed E-state index contributed by atoms with van der Waals surface area (Å²) < 4.78 is 10.1. The number of hydrogen-bond acceptors (Lipinski definition) is 6. The first kappa shape index (κ1) is 19.7. The van der Waals surface area contributed by atoms with Gasteiger partial charge in [-0.3, -0.25) is 19.3 Å². The Morgan fingerprint density at radius 2 is 2.04 bits per heavy atom. The van der Waals surface area contributed by atoms with Crippen molar-refractivity contribution in [2.45, 2.75) is 32.2 Å². The lowest BCUT2D eigenvalue weighted by atomic mass is 9.96. The first-order valence-corrected chi connectivity index (χ1v) is 8.99. The number of hydrogen-bond donors (Lipinski definition) is 2. The second kappa shape index (κ2) is 7.49. The Bertz CT molecular complexity index is 835. The Kier molecular flexibility index (Phi) is 5.26. The van der Waals surface area contributed by atoms with Gasteiger partial charge in [-0.1, -0.05) is 6.07 Å². The van der Waals surface area contributed by atoms with Gasteiger partial charge in [0.2, 0.25) is 0 Å². The van der Waals surface area contributed by atoms with Crippen molar-refractivity contribution in [2.24, 2.45) is 5.92 Å². The van der Waals surface area contributed by atoms with Crippen molar-refractivity contribution >= 4 is 29.5 Å². The summed E-state index contributed by atoms with van der Waals surface area (Å²) >= 11 is 0. The number of anilines is 1. The van der Waals surface area contributed by atoms with Gasteiger partial charge in [0.05, 0.1) is 12.8 Å². The standard InChI is InChI=1S/C19H23N3O6/c1-11-4-7-14(27-3)13(8-11)20-15(23)10-28-16(24)9-22-17(25)19(2,12-5-6-12)21-18(22)26/h4,7-8,12H,5-6,9-10H2,1-3H3,(H,20,23)(H,21,26)/t19-/m1/s1. The number of ether oxygens (including phenoxy) is 2. The van der Waals surface area contributed by atoms with E-state index < -0.39 is 42.5 Å². The summed E-state index contributed by atoms with van der Waals surface area (Å²) in [5.41, 5.74) is 0.416. The van der Waals surface area contributed by atoms with Gasteiger partial charge >= 0.3 is 12.0 Å². The third-order valence-electron chi connectivity index (χ3n) is 4.98. The highest BCUT2D eigenvalue weighted by Crippen LogP contribution is 2.42. The minimum absolute atomic E-state index is 0.0973. The molecule has 1 atom stereocenters. The van der Waals surface area contributed by atoms with Crippen LogP contribution in [-0.4, -0.2) is 54.5 Å². The van der Waals surface area contributed by atoms with Crippen LogP contribution in [0.4, 0.5) is 10.5 Å². The molecule has 0 bridgehead atoms. The van der Waals surface area contributed by atoms with Gasteiger partial charge in [-0.2, -0.15) is 0 Å². The van der Waals surface area contributed by atoms with E-state index in [1.165, 1.54) is 7.11 Å². The van der Waals surface area contributed by atoms with Crippen molar-refractivity contribution in [3.05, 3.63) is 23.8 Å². The number of benzene rings is 1. The molecule has 2 fully saturated rings. The lowest BCUT2D eigenvalue weighted by molar-refractivity contribution is -0.150. The molecule has 1 aromatic rings. The Morgan fingerprint density at radius 3 is 2.68 bits per heavy atom. The van der Waals surface area contributed by atoms with Crippen LogP contribution >= 0.6 is 0 Å². The van der Waals surface area contributed by atoms with Crippen molar-refractivity contribution in [1.29, 1.82) is 0 Å². The van der Waals surface area contributed by atoms with E-state index in [0.29, 0.717) is 11.4 Å². The van der Waals surface area contributed by atoms with Gasteiger partial charge in [-0.15, -0.1) is 0 Å². The second-order valence-electron chi connectivity index (χ2n) is 7.21. The van der Waals surface area contributed by atoms with Gasteiger partial charge in [0.1, 0.15) is 17.8 Å². The number of urea groups is 1. The molecule has 9 nitrogen and oxygen atoms in total. The SMILES string of the molecule is COc1ccc(C)cc1NC(=O)COC(=O)CN1C(=O)N[C@](C)(C2CC2)C1=O. The number of nitrogens with zero attached hydrogens (tertiary/aromatic N) is 1. The van der Waals surface area contributed by atoms with Crippen LogP contribution in [0.5, 0.6) is 5.75 Å². The van der Waals surface area contributed by atoms with Gasteiger partial charge in [0, 0.05) is 0 Å². The molecule has 1 heterocycles. The molecule has 2 N–H and O–H groups in total. The highest BCUT2D eigenvalue weighted by atomic mass is 16.5. The zero-order valence-corrected chi connectivity index (χ0v) is 16.0. The van der Waals surface area contributed by atoms with Gasteiger partial charge < -0.3 is 20.1 Å². The van der Waals surface area contributed by atoms with Gasteiger partial charge in [-0.25, -0.2) is 4.79 Å². The van der Waals surface area contributed by atoms with Crippen molar-refractivity contribution in [3.63, 3.8) is 0 Å². The molecule has 1 aromatic carbocycles. The molecule has 1 saturated heterocycles. The van der Waals surface area contributed by atoms with E-state index in [4.69, 9.17) is 9.47 Å². The second-order valence-corrected chi connectivity index (χ2v) is 7.21. The lowest BCUT2D eigenvalue weighted by Crippen LogP contribution is -2.46. The van der Waals surface area contributed by atoms with Crippen molar-refractivity contribution in [2.75, 3.05) is 25.6 Å². The molecule has 3 rings (SSSR count). The van der Waals surface area contributed by atoms with Crippen LogP contribution in [0, 0.1) is 12.8 Å². The molecule has 0 unspecified atom stereocenters. The number of methoxy groups -OCH3 is 1. The van der Waals surface area contributed by atoms with E-state index in [2.05, 4.69) is 10.6 Å². The van der Waals surface area contributed by atoms with Crippen LogP contribution < -0.4 is 15.4 Å². The first-order chi connectivity index (χ1) is 13.2. The quantitative estimate of drug-likeness (QED) is 0.535. The normalized spacial score (nSPS) is 21.3. The maximum atomic E-state index is 12.5. The molecule has 0 aromatic heterocycles. The summed E-state index contributed by atoms with van der Waals surface area (Å²) in [7, 11) is 1.48. The van der Waals surface area contributed by atoms with Crippen molar-refractivity contribution < 1.29 is 28.7 Å². The smallest absolute Gasteiger partial charge is 0.326 e. The molecule has 2 aliphatic rings. The van der Waals surface area contributed by atoms with Crippen LogP contribution in [0.15, 0.2) is 18.2 Å². The number of amides is 4. The van der Waals surface area contributed by atoms with E-state index in [-0.39, 0.29) is 5.92 Å². The molecular formula is C19H23N3O6. The third-order valence-corrected chi connectivity index (χ3v) is 4.98. The summed E-state index contributed by atoms with van der Waals surface area (Å²) in [6.45, 7) is 2.45. The Morgan fingerprint density at radius 1 is 1.32 bits per heavy atom. The van der Waals surface area contributed by atoms with Crippen molar-refractivity contribution in [3.8, 4) is 5.75 Å². The molecule has 28 heavy (non-hydrogen) atoms. The van der Waals surface area contributed by atoms with E-state index in [9.17, 15) is 19.2 Å². The van der Waals surface area contributed by atoms with Crippen LogP contribution in [0.3, 0.4) is 0 Å². The number of imide groups is 1. The highest BCUT2D eigenvalue weighted by Gasteiger charge is 2.56. The average molecular weight is 389 g/mol.